The standard InChI is InChI=1S/C23H26N4O2/c1-27-13-11-23(12-14-27,18-5-3-2-4-6-18)16-24-22(29)21-15-20(25-26-21)17-7-9-19(28)10-8-17/h2-10,15,28H,11-14,16H2,1H3,(H,24,29)(H,25,26). The summed E-state index contributed by atoms with van der Waals surface area (Å²) in [6.07, 6.45) is 2.02. The molecule has 0 spiro atoms. The van der Waals surface area contributed by atoms with Crippen molar-refractivity contribution in [1.29, 1.82) is 0 Å². The average Bonchev–Trinajstić information content (AvgIpc) is 3.25. The number of carbonyl (C=O) groups is 1. The number of phenolic OH excluding ortho intramolecular Hbond substituents is 1. The number of aromatic hydroxyl groups is 1. The van der Waals surface area contributed by atoms with E-state index in [4.69, 9.17) is 0 Å². The maximum atomic E-state index is 12.8. The van der Waals surface area contributed by atoms with Crippen molar-refractivity contribution in [3.05, 3.63) is 71.9 Å². The first kappa shape index (κ1) is 19.2. The molecule has 0 unspecified atom stereocenters. The second-order valence-electron chi connectivity index (χ2n) is 7.85. The molecule has 3 N–H and O–H groups in total. The minimum absolute atomic E-state index is 0.0523. The van der Waals surface area contributed by atoms with E-state index in [0.717, 1.165) is 31.5 Å². The van der Waals surface area contributed by atoms with Crippen molar-refractivity contribution >= 4 is 5.91 Å². The minimum Gasteiger partial charge on any atom is -0.508 e. The SMILES string of the molecule is CN1CCC(CNC(=O)c2cc(-c3ccc(O)cc3)n[nH]2)(c2ccccc2)CC1. The zero-order chi connectivity index (χ0) is 20.3. The molecular formula is C23H26N4O2. The molecule has 6 nitrogen and oxygen atoms in total. The van der Waals surface area contributed by atoms with Crippen molar-refractivity contribution in [2.75, 3.05) is 26.7 Å². The first-order valence-corrected chi connectivity index (χ1v) is 9.93. The highest BCUT2D eigenvalue weighted by atomic mass is 16.3. The summed E-state index contributed by atoms with van der Waals surface area (Å²) in [4.78, 5) is 15.1. The van der Waals surface area contributed by atoms with Crippen LogP contribution >= 0.6 is 0 Å². The average molecular weight is 390 g/mol. The van der Waals surface area contributed by atoms with Crippen molar-refractivity contribution in [2.24, 2.45) is 0 Å². The van der Waals surface area contributed by atoms with Gasteiger partial charge in [-0.05, 0) is 68.9 Å². The van der Waals surface area contributed by atoms with Crippen LogP contribution in [0.3, 0.4) is 0 Å². The molecule has 0 atom stereocenters. The molecule has 6 heteroatoms. The number of hydrogen-bond donors (Lipinski definition) is 3. The highest BCUT2D eigenvalue weighted by molar-refractivity contribution is 5.93. The molecule has 150 valence electrons. The minimum atomic E-state index is -0.156. The van der Waals surface area contributed by atoms with Crippen LogP contribution in [0.4, 0.5) is 0 Å². The largest absolute Gasteiger partial charge is 0.508 e. The predicted octanol–water partition coefficient (Wildman–Crippen LogP) is 3.18. The highest BCUT2D eigenvalue weighted by Gasteiger charge is 2.35. The Balaban J connectivity index is 1.48. The summed E-state index contributed by atoms with van der Waals surface area (Å²) < 4.78 is 0. The third kappa shape index (κ3) is 4.17. The summed E-state index contributed by atoms with van der Waals surface area (Å²) in [7, 11) is 2.14. The predicted molar refractivity (Wildman–Crippen MR) is 113 cm³/mol. The molecule has 0 aliphatic carbocycles. The van der Waals surface area contributed by atoms with Crippen LogP contribution in [-0.4, -0.2) is 52.8 Å². The van der Waals surface area contributed by atoms with Crippen LogP contribution in [0.1, 0.15) is 28.9 Å². The van der Waals surface area contributed by atoms with Gasteiger partial charge in [-0.15, -0.1) is 0 Å². The summed E-state index contributed by atoms with van der Waals surface area (Å²) in [5, 5.41) is 19.6. The van der Waals surface area contributed by atoms with Crippen LogP contribution in [0.5, 0.6) is 5.75 Å². The van der Waals surface area contributed by atoms with E-state index in [9.17, 15) is 9.90 Å². The van der Waals surface area contributed by atoms with E-state index in [2.05, 4.69) is 51.7 Å². The van der Waals surface area contributed by atoms with Crippen molar-refractivity contribution in [1.82, 2.24) is 20.4 Å². The van der Waals surface area contributed by atoms with E-state index >= 15 is 0 Å². The lowest BCUT2D eigenvalue weighted by Gasteiger charge is -2.41. The Labute approximate surface area is 170 Å². The van der Waals surface area contributed by atoms with Gasteiger partial charge in [-0.25, -0.2) is 0 Å². The van der Waals surface area contributed by atoms with E-state index in [-0.39, 0.29) is 17.1 Å². The summed E-state index contributed by atoms with van der Waals surface area (Å²) in [5.74, 6) is 0.0448. The van der Waals surface area contributed by atoms with Crippen LogP contribution in [0.25, 0.3) is 11.3 Å². The van der Waals surface area contributed by atoms with Gasteiger partial charge in [0, 0.05) is 17.5 Å². The van der Waals surface area contributed by atoms with E-state index < -0.39 is 0 Å². The molecule has 1 aromatic heterocycles. The van der Waals surface area contributed by atoms with E-state index in [1.807, 2.05) is 6.07 Å². The third-order valence-corrected chi connectivity index (χ3v) is 5.90. The fourth-order valence-electron chi connectivity index (χ4n) is 3.97. The summed E-state index contributed by atoms with van der Waals surface area (Å²) in [6.45, 7) is 2.62. The Morgan fingerprint density at radius 3 is 2.52 bits per heavy atom. The monoisotopic (exact) mass is 390 g/mol. The molecule has 4 rings (SSSR count). The number of nitrogens with one attached hydrogen (secondary N) is 2. The zero-order valence-electron chi connectivity index (χ0n) is 16.6. The topological polar surface area (TPSA) is 81.2 Å². The maximum absolute atomic E-state index is 12.8. The van der Waals surface area contributed by atoms with E-state index in [1.165, 1.54) is 5.56 Å². The second-order valence-corrected chi connectivity index (χ2v) is 7.85. The number of nitrogens with zero attached hydrogens (tertiary/aromatic N) is 2. The van der Waals surface area contributed by atoms with Crippen molar-refractivity contribution < 1.29 is 9.90 Å². The molecule has 1 fully saturated rings. The smallest absolute Gasteiger partial charge is 0.269 e. The lowest BCUT2D eigenvalue weighted by molar-refractivity contribution is 0.0923. The Hall–Kier alpha value is -3.12. The number of hydrogen-bond acceptors (Lipinski definition) is 4. The van der Waals surface area contributed by atoms with Crippen molar-refractivity contribution in [3.63, 3.8) is 0 Å². The highest BCUT2D eigenvalue weighted by Crippen LogP contribution is 2.34. The molecule has 0 saturated carbocycles. The quantitative estimate of drug-likeness (QED) is 0.625. The Kier molecular flexibility index (Phi) is 5.36. The molecule has 3 aromatic rings. The molecule has 1 saturated heterocycles. The molecule has 0 radical (unpaired) electrons. The van der Waals surface area contributed by atoms with Crippen LogP contribution in [-0.2, 0) is 5.41 Å². The first-order chi connectivity index (χ1) is 14.1. The Morgan fingerprint density at radius 2 is 1.83 bits per heavy atom. The van der Waals surface area contributed by atoms with Crippen LogP contribution in [0.2, 0.25) is 0 Å². The number of aromatic nitrogens is 2. The molecule has 2 aromatic carbocycles. The number of benzene rings is 2. The van der Waals surface area contributed by atoms with Gasteiger partial charge >= 0.3 is 0 Å². The van der Waals surface area contributed by atoms with Crippen LogP contribution in [0, 0.1) is 0 Å². The summed E-state index contributed by atoms with van der Waals surface area (Å²) >= 11 is 0. The molecule has 29 heavy (non-hydrogen) atoms. The lowest BCUT2D eigenvalue weighted by Crippen LogP contribution is -2.48. The number of rotatable bonds is 5. The Morgan fingerprint density at radius 1 is 1.14 bits per heavy atom. The number of H-pyrrole nitrogens is 1. The maximum Gasteiger partial charge on any atom is 0.269 e. The molecule has 2 heterocycles. The molecule has 1 amide bonds. The molecular weight excluding hydrogens is 364 g/mol. The van der Waals surface area contributed by atoms with Gasteiger partial charge in [0.15, 0.2) is 0 Å². The van der Waals surface area contributed by atoms with Gasteiger partial charge in [-0.3, -0.25) is 9.89 Å². The lowest BCUT2D eigenvalue weighted by atomic mass is 9.72. The zero-order valence-corrected chi connectivity index (χ0v) is 16.6. The first-order valence-electron chi connectivity index (χ1n) is 9.93. The van der Waals surface area contributed by atoms with Gasteiger partial charge in [0.2, 0.25) is 0 Å². The molecule has 0 bridgehead atoms. The summed E-state index contributed by atoms with van der Waals surface area (Å²) in [5.41, 5.74) is 3.18. The third-order valence-electron chi connectivity index (χ3n) is 5.90. The van der Waals surface area contributed by atoms with Gasteiger partial charge in [0.1, 0.15) is 11.4 Å². The fraction of sp³-hybridized carbons (Fsp3) is 0.304. The van der Waals surface area contributed by atoms with Gasteiger partial charge in [0.25, 0.3) is 5.91 Å². The normalized spacial score (nSPS) is 16.4. The van der Waals surface area contributed by atoms with Crippen molar-refractivity contribution in [2.45, 2.75) is 18.3 Å². The van der Waals surface area contributed by atoms with E-state index in [0.29, 0.717) is 17.9 Å². The second kappa shape index (κ2) is 8.09. The van der Waals surface area contributed by atoms with Crippen LogP contribution < -0.4 is 5.32 Å². The number of likely N-dealkylation sites (tertiary alicyclic amines) is 1. The fourth-order valence-corrected chi connectivity index (χ4v) is 3.97. The number of amides is 1. The number of phenols is 1. The van der Waals surface area contributed by atoms with Gasteiger partial charge < -0.3 is 15.3 Å². The van der Waals surface area contributed by atoms with Gasteiger partial charge in [0.05, 0.1) is 5.69 Å². The Bertz CT molecular complexity index is 958. The van der Waals surface area contributed by atoms with Crippen molar-refractivity contribution in [3.8, 4) is 17.0 Å². The number of piperidine rings is 1. The molecule has 1 aliphatic heterocycles. The number of aromatic amines is 1. The van der Waals surface area contributed by atoms with Gasteiger partial charge in [-0.2, -0.15) is 5.10 Å². The van der Waals surface area contributed by atoms with Gasteiger partial charge in [-0.1, -0.05) is 30.3 Å². The van der Waals surface area contributed by atoms with Crippen LogP contribution in [0.15, 0.2) is 60.7 Å². The van der Waals surface area contributed by atoms with E-state index in [1.54, 1.807) is 30.3 Å². The molecule has 1 aliphatic rings. The summed E-state index contributed by atoms with van der Waals surface area (Å²) in [6, 6.07) is 19.0. The number of carbonyl (C=O) groups excluding carboxylic acids is 1.